The van der Waals surface area contributed by atoms with Crippen molar-refractivity contribution in [3.8, 4) is 17.0 Å². The molecular weight excluding hydrogens is 366 g/mol. The van der Waals surface area contributed by atoms with Crippen LogP contribution in [0.25, 0.3) is 22.3 Å². The Morgan fingerprint density at radius 3 is 2.76 bits per heavy atom. The van der Waals surface area contributed by atoms with Gasteiger partial charge >= 0.3 is 5.97 Å². The summed E-state index contributed by atoms with van der Waals surface area (Å²) in [7, 11) is 0. The van der Waals surface area contributed by atoms with Crippen molar-refractivity contribution in [2.75, 3.05) is 13.2 Å². The van der Waals surface area contributed by atoms with Crippen molar-refractivity contribution in [3.05, 3.63) is 41.3 Å². The first kappa shape index (κ1) is 19.4. The number of rotatable bonds is 7. The molecule has 1 aliphatic rings. The van der Waals surface area contributed by atoms with Crippen LogP contribution in [0.3, 0.4) is 0 Å². The summed E-state index contributed by atoms with van der Waals surface area (Å²) in [6, 6.07) is 6.27. The van der Waals surface area contributed by atoms with Gasteiger partial charge in [0, 0.05) is 11.3 Å². The van der Waals surface area contributed by atoms with Gasteiger partial charge in [-0.2, -0.15) is 0 Å². The predicted octanol–water partition coefficient (Wildman–Crippen LogP) is 5.02. The summed E-state index contributed by atoms with van der Waals surface area (Å²) in [5.74, 6) is 1.47. The molecule has 0 radical (unpaired) electrons. The zero-order chi connectivity index (χ0) is 20.5. The molecule has 1 N–H and O–H groups in total. The van der Waals surface area contributed by atoms with Gasteiger partial charge in [-0.1, -0.05) is 19.9 Å². The van der Waals surface area contributed by atoms with Crippen molar-refractivity contribution in [1.29, 1.82) is 0 Å². The van der Waals surface area contributed by atoms with E-state index in [4.69, 9.17) is 9.47 Å². The fourth-order valence-electron chi connectivity index (χ4n) is 3.49. The van der Waals surface area contributed by atoms with E-state index >= 15 is 0 Å². The van der Waals surface area contributed by atoms with E-state index in [0.29, 0.717) is 29.5 Å². The van der Waals surface area contributed by atoms with Crippen molar-refractivity contribution in [2.24, 2.45) is 5.92 Å². The number of fused-ring (bicyclic) bond motifs is 1. The third-order valence-corrected chi connectivity index (χ3v) is 5.35. The monoisotopic (exact) mass is 393 g/mol. The Balaban J connectivity index is 1.85. The summed E-state index contributed by atoms with van der Waals surface area (Å²) in [4.78, 5) is 24.7. The second-order valence-corrected chi connectivity index (χ2v) is 7.96. The molecule has 2 aromatic heterocycles. The average molecular weight is 393 g/mol. The van der Waals surface area contributed by atoms with Gasteiger partial charge in [0.15, 0.2) is 0 Å². The highest BCUT2D eigenvalue weighted by atomic mass is 16.5. The normalized spacial score (nSPS) is 13.8. The first-order chi connectivity index (χ1) is 14.0. The molecule has 0 amide bonds. The van der Waals surface area contributed by atoms with Gasteiger partial charge in [0.2, 0.25) is 0 Å². The Kier molecular flexibility index (Phi) is 5.26. The van der Waals surface area contributed by atoms with E-state index in [1.807, 2.05) is 13.0 Å². The topological polar surface area (TPSA) is 77.1 Å². The van der Waals surface area contributed by atoms with Crippen molar-refractivity contribution in [1.82, 2.24) is 15.0 Å². The molecule has 1 aromatic carbocycles. The Bertz CT molecular complexity index is 1050. The predicted molar refractivity (Wildman–Crippen MR) is 112 cm³/mol. The minimum absolute atomic E-state index is 0.318. The van der Waals surface area contributed by atoms with Crippen LogP contribution in [-0.2, 0) is 4.74 Å². The van der Waals surface area contributed by atoms with E-state index in [1.54, 1.807) is 6.92 Å². The number of carbonyl (C=O) groups excluding carboxylic acids is 1. The van der Waals surface area contributed by atoms with Crippen LogP contribution in [-0.4, -0.2) is 34.1 Å². The number of nitrogens with zero attached hydrogens (tertiary/aromatic N) is 2. The number of aromatic amines is 1. The molecule has 0 unspecified atom stereocenters. The lowest BCUT2D eigenvalue weighted by Gasteiger charge is -2.15. The van der Waals surface area contributed by atoms with E-state index in [1.165, 1.54) is 24.7 Å². The largest absolute Gasteiger partial charge is 0.493 e. The van der Waals surface area contributed by atoms with Crippen LogP contribution in [0, 0.1) is 12.8 Å². The SMILES string of the molecule is CCOC(=O)c1c(C)[nH]c2c(-c3cc(C(C)C)ccc3OCC3CC3)ncnc12. The standard InChI is InChI=1S/C23H27N3O3/c1-5-28-23(27)19-14(4)26-22-20(24-12-25-21(19)22)17-10-16(13(2)3)8-9-18(17)29-11-15-6-7-15/h8-10,12-13,15,26H,5-7,11H2,1-4H3. The Hall–Kier alpha value is -2.89. The minimum atomic E-state index is -0.373. The molecule has 1 aliphatic carbocycles. The number of ether oxygens (including phenoxy) is 2. The Labute approximate surface area is 170 Å². The number of esters is 1. The second kappa shape index (κ2) is 7.85. The fourth-order valence-corrected chi connectivity index (χ4v) is 3.49. The lowest BCUT2D eigenvalue weighted by atomic mass is 9.98. The molecule has 0 aliphatic heterocycles. The third-order valence-electron chi connectivity index (χ3n) is 5.35. The van der Waals surface area contributed by atoms with Gasteiger partial charge in [-0.15, -0.1) is 0 Å². The maximum absolute atomic E-state index is 12.5. The molecule has 1 saturated carbocycles. The van der Waals surface area contributed by atoms with Crippen LogP contribution < -0.4 is 4.74 Å². The van der Waals surface area contributed by atoms with Crippen LogP contribution in [0.5, 0.6) is 5.75 Å². The Morgan fingerprint density at radius 1 is 1.28 bits per heavy atom. The molecule has 0 atom stereocenters. The van der Waals surface area contributed by atoms with Crippen molar-refractivity contribution >= 4 is 17.0 Å². The first-order valence-corrected chi connectivity index (χ1v) is 10.3. The molecule has 3 aromatic rings. The lowest BCUT2D eigenvalue weighted by Crippen LogP contribution is -2.06. The molecule has 0 bridgehead atoms. The van der Waals surface area contributed by atoms with Crippen molar-refractivity contribution in [3.63, 3.8) is 0 Å². The molecule has 0 spiro atoms. The lowest BCUT2D eigenvalue weighted by molar-refractivity contribution is 0.0527. The third kappa shape index (κ3) is 3.84. The number of benzene rings is 1. The van der Waals surface area contributed by atoms with Gasteiger partial charge in [-0.3, -0.25) is 0 Å². The average Bonchev–Trinajstić information content (AvgIpc) is 3.46. The highest BCUT2D eigenvalue weighted by Crippen LogP contribution is 2.38. The summed E-state index contributed by atoms with van der Waals surface area (Å²) in [6.45, 7) is 9.02. The molecule has 29 heavy (non-hydrogen) atoms. The first-order valence-electron chi connectivity index (χ1n) is 10.3. The molecule has 6 heteroatoms. The highest BCUT2D eigenvalue weighted by molar-refractivity contribution is 6.07. The fraction of sp³-hybridized carbons (Fsp3) is 0.435. The maximum atomic E-state index is 12.5. The second-order valence-electron chi connectivity index (χ2n) is 7.96. The van der Waals surface area contributed by atoms with Gasteiger partial charge in [0.05, 0.1) is 18.7 Å². The van der Waals surface area contributed by atoms with Crippen LogP contribution in [0.15, 0.2) is 24.5 Å². The molecule has 152 valence electrons. The number of nitrogens with one attached hydrogen (secondary N) is 1. The van der Waals surface area contributed by atoms with E-state index in [9.17, 15) is 4.79 Å². The number of hydrogen-bond donors (Lipinski definition) is 1. The summed E-state index contributed by atoms with van der Waals surface area (Å²) in [5, 5.41) is 0. The minimum Gasteiger partial charge on any atom is -0.493 e. The number of aromatic nitrogens is 3. The van der Waals surface area contributed by atoms with Crippen LogP contribution in [0.1, 0.15) is 61.1 Å². The molecule has 1 fully saturated rings. The summed E-state index contributed by atoms with van der Waals surface area (Å²) in [5.41, 5.74) is 5.35. The maximum Gasteiger partial charge on any atom is 0.342 e. The van der Waals surface area contributed by atoms with Gasteiger partial charge < -0.3 is 14.5 Å². The zero-order valence-corrected chi connectivity index (χ0v) is 17.4. The van der Waals surface area contributed by atoms with Gasteiger partial charge in [0.25, 0.3) is 0 Å². The van der Waals surface area contributed by atoms with Crippen LogP contribution in [0.4, 0.5) is 0 Å². The van der Waals surface area contributed by atoms with Gasteiger partial charge in [-0.05, 0) is 56.2 Å². The summed E-state index contributed by atoms with van der Waals surface area (Å²) >= 11 is 0. The van der Waals surface area contributed by atoms with Crippen LogP contribution >= 0.6 is 0 Å². The smallest absolute Gasteiger partial charge is 0.342 e. The quantitative estimate of drug-likeness (QED) is 0.570. The van der Waals surface area contributed by atoms with Gasteiger partial charge in [-0.25, -0.2) is 14.8 Å². The molecule has 4 rings (SSSR count). The van der Waals surface area contributed by atoms with Gasteiger partial charge in [0.1, 0.15) is 28.9 Å². The summed E-state index contributed by atoms with van der Waals surface area (Å²) < 4.78 is 11.4. The zero-order valence-electron chi connectivity index (χ0n) is 17.4. The number of H-pyrrole nitrogens is 1. The molecule has 2 heterocycles. The van der Waals surface area contributed by atoms with E-state index < -0.39 is 0 Å². The molecular formula is C23H27N3O3. The van der Waals surface area contributed by atoms with Crippen LogP contribution in [0.2, 0.25) is 0 Å². The number of aryl methyl sites for hydroxylation is 1. The van der Waals surface area contributed by atoms with E-state index in [0.717, 1.165) is 34.8 Å². The molecule has 6 nitrogen and oxygen atoms in total. The number of hydrogen-bond acceptors (Lipinski definition) is 5. The van der Waals surface area contributed by atoms with Crippen molar-refractivity contribution in [2.45, 2.75) is 46.5 Å². The van der Waals surface area contributed by atoms with E-state index in [2.05, 4.69) is 40.9 Å². The Morgan fingerprint density at radius 2 is 2.07 bits per heavy atom. The summed E-state index contributed by atoms with van der Waals surface area (Å²) in [6.07, 6.45) is 3.96. The molecule has 0 saturated heterocycles. The highest BCUT2D eigenvalue weighted by Gasteiger charge is 2.25. The van der Waals surface area contributed by atoms with Crippen molar-refractivity contribution < 1.29 is 14.3 Å². The van der Waals surface area contributed by atoms with E-state index in [-0.39, 0.29) is 5.97 Å². The number of carbonyl (C=O) groups is 1.